The summed E-state index contributed by atoms with van der Waals surface area (Å²) in [5.41, 5.74) is 3.13. The molecule has 0 amide bonds. The number of aryl methyl sites for hydroxylation is 1. The third kappa shape index (κ3) is 5.36. The van der Waals surface area contributed by atoms with E-state index in [9.17, 15) is 9.59 Å². The minimum Gasteiger partial charge on any atom is -0.481 e. The van der Waals surface area contributed by atoms with Crippen LogP contribution in [0.4, 0.5) is 5.69 Å². The minimum absolute atomic E-state index is 0.115. The number of Topliss-reactive ketones (excluding diaryl/α,β-unsaturated/α-hetero) is 1. The summed E-state index contributed by atoms with van der Waals surface area (Å²) < 4.78 is 0. The Morgan fingerprint density at radius 2 is 2.13 bits per heavy atom. The molecule has 5 nitrogen and oxygen atoms in total. The standard InChI is InChI=1S/C18H26N2O3/c1-13(19-10-4-2-3-7-17(21)22)18(23)15-8-9-16-14(12-15)6-5-11-20-16/h8-9,12-13,19-20H,2-7,10-11H2,1H3,(H,21,22). The smallest absolute Gasteiger partial charge is 0.303 e. The lowest BCUT2D eigenvalue weighted by molar-refractivity contribution is -0.137. The Labute approximate surface area is 137 Å². The molecular weight excluding hydrogens is 292 g/mol. The molecule has 1 unspecified atom stereocenters. The van der Waals surface area contributed by atoms with Gasteiger partial charge < -0.3 is 15.7 Å². The van der Waals surface area contributed by atoms with Crippen LogP contribution in [0.3, 0.4) is 0 Å². The van der Waals surface area contributed by atoms with Gasteiger partial charge in [0.1, 0.15) is 0 Å². The highest BCUT2D eigenvalue weighted by atomic mass is 16.4. The largest absolute Gasteiger partial charge is 0.481 e. The summed E-state index contributed by atoms with van der Waals surface area (Å²) in [4.78, 5) is 22.9. The highest BCUT2D eigenvalue weighted by Crippen LogP contribution is 2.23. The van der Waals surface area contributed by atoms with Crippen LogP contribution in [0, 0.1) is 0 Å². The highest BCUT2D eigenvalue weighted by Gasteiger charge is 2.17. The van der Waals surface area contributed by atoms with Gasteiger partial charge in [0.15, 0.2) is 5.78 Å². The normalized spacial score (nSPS) is 14.7. The van der Waals surface area contributed by atoms with Gasteiger partial charge in [-0.05, 0) is 62.9 Å². The molecule has 23 heavy (non-hydrogen) atoms. The van der Waals surface area contributed by atoms with Gasteiger partial charge in [0.25, 0.3) is 0 Å². The Hall–Kier alpha value is -1.88. The van der Waals surface area contributed by atoms with Gasteiger partial charge in [-0.15, -0.1) is 0 Å². The van der Waals surface area contributed by atoms with Crippen LogP contribution < -0.4 is 10.6 Å². The quantitative estimate of drug-likeness (QED) is 0.482. The van der Waals surface area contributed by atoms with Crippen LogP contribution in [-0.2, 0) is 11.2 Å². The van der Waals surface area contributed by atoms with Crippen molar-refractivity contribution in [2.75, 3.05) is 18.4 Å². The monoisotopic (exact) mass is 318 g/mol. The van der Waals surface area contributed by atoms with Gasteiger partial charge in [-0.3, -0.25) is 9.59 Å². The summed E-state index contributed by atoms with van der Waals surface area (Å²) >= 11 is 0. The molecule has 0 aromatic heterocycles. The maximum absolute atomic E-state index is 12.5. The van der Waals surface area contributed by atoms with E-state index in [0.717, 1.165) is 50.0 Å². The molecule has 1 aromatic carbocycles. The van der Waals surface area contributed by atoms with Crippen LogP contribution >= 0.6 is 0 Å². The second-order valence-electron chi connectivity index (χ2n) is 6.15. The number of hydrogen-bond donors (Lipinski definition) is 3. The van der Waals surface area contributed by atoms with Crippen molar-refractivity contribution < 1.29 is 14.7 Å². The number of fused-ring (bicyclic) bond motifs is 1. The Morgan fingerprint density at radius 3 is 2.91 bits per heavy atom. The first-order valence-corrected chi connectivity index (χ1v) is 8.44. The van der Waals surface area contributed by atoms with E-state index in [4.69, 9.17) is 5.11 Å². The van der Waals surface area contributed by atoms with Crippen molar-refractivity contribution in [1.29, 1.82) is 0 Å². The zero-order chi connectivity index (χ0) is 16.7. The van der Waals surface area contributed by atoms with Crippen molar-refractivity contribution in [3.63, 3.8) is 0 Å². The van der Waals surface area contributed by atoms with Crippen molar-refractivity contribution in [3.05, 3.63) is 29.3 Å². The third-order valence-electron chi connectivity index (χ3n) is 4.24. The van der Waals surface area contributed by atoms with E-state index in [1.807, 2.05) is 25.1 Å². The number of carbonyl (C=O) groups is 2. The molecule has 126 valence electrons. The molecule has 0 saturated carbocycles. The van der Waals surface area contributed by atoms with Gasteiger partial charge in [0.05, 0.1) is 6.04 Å². The van der Waals surface area contributed by atoms with Crippen LogP contribution in [0.5, 0.6) is 0 Å². The third-order valence-corrected chi connectivity index (χ3v) is 4.24. The molecule has 0 fully saturated rings. The number of hydrogen-bond acceptors (Lipinski definition) is 4. The van der Waals surface area contributed by atoms with E-state index in [-0.39, 0.29) is 18.2 Å². The number of rotatable bonds is 9. The lowest BCUT2D eigenvalue weighted by Gasteiger charge is -2.19. The zero-order valence-corrected chi connectivity index (χ0v) is 13.7. The molecule has 0 spiro atoms. The van der Waals surface area contributed by atoms with Crippen molar-refractivity contribution in [2.45, 2.75) is 51.5 Å². The fourth-order valence-corrected chi connectivity index (χ4v) is 2.87. The summed E-state index contributed by atoms with van der Waals surface area (Å²) in [5.74, 6) is -0.632. The van der Waals surface area contributed by atoms with Gasteiger partial charge in [0.2, 0.25) is 0 Å². The molecule has 1 aliphatic rings. The van der Waals surface area contributed by atoms with E-state index in [2.05, 4.69) is 10.6 Å². The Morgan fingerprint density at radius 1 is 1.30 bits per heavy atom. The molecule has 0 bridgehead atoms. The number of aliphatic carboxylic acids is 1. The maximum atomic E-state index is 12.5. The Balaban J connectivity index is 1.77. The Kier molecular flexibility index (Phi) is 6.59. The number of nitrogens with one attached hydrogen (secondary N) is 2. The predicted molar refractivity (Wildman–Crippen MR) is 91.2 cm³/mol. The lowest BCUT2D eigenvalue weighted by atomic mass is 9.97. The zero-order valence-electron chi connectivity index (χ0n) is 13.7. The molecule has 1 heterocycles. The fraction of sp³-hybridized carbons (Fsp3) is 0.556. The van der Waals surface area contributed by atoms with E-state index in [1.165, 1.54) is 5.56 Å². The molecule has 0 aliphatic carbocycles. The van der Waals surface area contributed by atoms with E-state index in [0.29, 0.717) is 6.42 Å². The molecule has 1 aliphatic heterocycles. The number of unbranched alkanes of at least 4 members (excludes halogenated alkanes) is 2. The topological polar surface area (TPSA) is 78.4 Å². The number of ketones is 1. The molecule has 1 aromatic rings. The van der Waals surface area contributed by atoms with Crippen molar-refractivity contribution in [2.24, 2.45) is 0 Å². The average Bonchev–Trinajstić information content (AvgIpc) is 2.56. The first-order chi connectivity index (χ1) is 11.1. The first kappa shape index (κ1) is 17.5. The molecule has 3 N–H and O–H groups in total. The molecular formula is C18H26N2O3. The summed E-state index contributed by atoms with van der Waals surface area (Å²) in [6, 6.07) is 5.68. The van der Waals surface area contributed by atoms with Crippen LogP contribution in [0.25, 0.3) is 0 Å². The Bertz CT molecular complexity index is 557. The second-order valence-corrected chi connectivity index (χ2v) is 6.15. The van der Waals surface area contributed by atoms with Gasteiger partial charge >= 0.3 is 5.97 Å². The molecule has 1 atom stereocenters. The minimum atomic E-state index is -0.747. The number of carbonyl (C=O) groups excluding carboxylic acids is 1. The number of benzene rings is 1. The highest BCUT2D eigenvalue weighted by molar-refractivity contribution is 6.00. The van der Waals surface area contributed by atoms with Crippen molar-refractivity contribution in [1.82, 2.24) is 5.32 Å². The summed E-state index contributed by atoms with van der Waals surface area (Å²) in [6.07, 6.45) is 4.79. The number of carboxylic acids is 1. The van der Waals surface area contributed by atoms with Gasteiger partial charge in [-0.1, -0.05) is 6.42 Å². The van der Waals surface area contributed by atoms with E-state index < -0.39 is 5.97 Å². The molecule has 2 rings (SSSR count). The lowest BCUT2D eigenvalue weighted by Crippen LogP contribution is -2.34. The predicted octanol–water partition coefficient (Wildman–Crippen LogP) is 2.85. The van der Waals surface area contributed by atoms with Crippen LogP contribution in [0.2, 0.25) is 0 Å². The summed E-state index contributed by atoms with van der Waals surface area (Å²) in [7, 11) is 0. The molecule has 0 radical (unpaired) electrons. The van der Waals surface area contributed by atoms with Crippen molar-refractivity contribution in [3.8, 4) is 0 Å². The van der Waals surface area contributed by atoms with E-state index in [1.54, 1.807) is 0 Å². The molecule has 5 heteroatoms. The SMILES string of the molecule is CC(NCCCCCC(=O)O)C(=O)c1ccc2c(c1)CCCN2. The first-order valence-electron chi connectivity index (χ1n) is 8.44. The summed E-state index contributed by atoms with van der Waals surface area (Å²) in [6.45, 7) is 3.62. The van der Waals surface area contributed by atoms with Gasteiger partial charge in [-0.25, -0.2) is 0 Å². The van der Waals surface area contributed by atoms with Crippen LogP contribution in [-0.4, -0.2) is 36.0 Å². The van der Waals surface area contributed by atoms with Gasteiger partial charge in [-0.2, -0.15) is 0 Å². The van der Waals surface area contributed by atoms with E-state index >= 15 is 0 Å². The second kappa shape index (κ2) is 8.67. The number of carboxylic acid groups (broad SMARTS) is 1. The van der Waals surface area contributed by atoms with Gasteiger partial charge in [0, 0.05) is 24.2 Å². The average molecular weight is 318 g/mol. The fourth-order valence-electron chi connectivity index (χ4n) is 2.87. The van der Waals surface area contributed by atoms with Crippen molar-refractivity contribution >= 4 is 17.4 Å². The number of anilines is 1. The van der Waals surface area contributed by atoms with Crippen LogP contribution in [0.15, 0.2) is 18.2 Å². The maximum Gasteiger partial charge on any atom is 0.303 e. The van der Waals surface area contributed by atoms with Crippen LogP contribution in [0.1, 0.15) is 54.9 Å². The molecule has 0 saturated heterocycles. The summed E-state index contributed by atoms with van der Waals surface area (Å²) in [5, 5.41) is 15.2.